The van der Waals surface area contributed by atoms with Crippen LogP contribution in [0.2, 0.25) is 15.2 Å². The number of aliphatic hydroxyl groups is 1. The van der Waals surface area contributed by atoms with E-state index in [2.05, 4.69) is 10.3 Å². The number of hydrogen-bond acceptors (Lipinski definition) is 4. The monoisotopic (exact) mass is 298 g/mol. The maximum Gasteiger partial charge on any atom is 0.150 e. The third kappa shape index (κ3) is 4.85. The van der Waals surface area contributed by atoms with Crippen molar-refractivity contribution in [3.05, 3.63) is 21.3 Å². The highest BCUT2D eigenvalue weighted by atomic mass is 35.5. The molecule has 0 aliphatic heterocycles. The van der Waals surface area contributed by atoms with Gasteiger partial charge in [0.15, 0.2) is 0 Å². The number of nitrogens with zero attached hydrogens (tertiary/aromatic N) is 1. The second-order valence-electron chi connectivity index (χ2n) is 3.42. The number of aromatic nitrogens is 1. The summed E-state index contributed by atoms with van der Waals surface area (Å²) in [4.78, 5) is 3.99. The van der Waals surface area contributed by atoms with Crippen molar-refractivity contribution in [2.24, 2.45) is 0 Å². The van der Waals surface area contributed by atoms with Crippen molar-refractivity contribution in [1.82, 2.24) is 4.98 Å². The fourth-order valence-corrected chi connectivity index (χ4v) is 1.77. The van der Waals surface area contributed by atoms with Crippen LogP contribution >= 0.6 is 34.8 Å². The zero-order chi connectivity index (χ0) is 12.8. The number of methoxy groups -OCH3 is 1. The first-order chi connectivity index (χ1) is 8.04. The van der Waals surface area contributed by atoms with Gasteiger partial charge >= 0.3 is 0 Å². The Morgan fingerprint density at radius 2 is 2.12 bits per heavy atom. The first-order valence-electron chi connectivity index (χ1n) is 4.97. The zero-order valence-corrected chi connectivity index (χ0v) is 11.5. The van der Waals surface area contributed by atoms with Gasteiger partial charge in [0.1, 0.15) is 11.0 Å². The van der Waals surface area contributed by atoms with Gasteiger partial charge in [0.2, 0.25) is 0 Å². The molecule has 1 atom stereocenters. The Hall–Kier alpha value is -0.260. The lowest BCUT2D eigenvalue weighted by Gasteiger charge is -2.11. The van der Waals surface area contributed by atoms with Crippen molar-refractivity contribution in [2.45, 2.75) is 12.5 Å². The van der Waals surface area contributed by atoms with Gasteiger partial charge in [-0.3, -0.25) is 0 Å². The minimum atomic E-state index is -0.519. The number of ether oxygens (including phenoxy) is 1. The van der Waals surface area contributed by atoms with E-state index in [0.717, 1.165) is 0 Å². The van der Waals surface area contributed by atoms with Gasteiger partial charge in [-0.1, -0.05) is 34.8 Å². The number of pyridine rings is 1. The van der Waals surface area contributed by atoms with E-state index in [1.54, 1.807) is 0 Å². The minimum absolute atomic E-state index is 0.191. The van der Waals surface area contributed by atoms with Crippen LogP contribution in [0.15, 0.2) is 6.07 Å². The largest absolute Gasteiger partial charge is 0.391 e. The molecule has 1 heterocycles. The number of nitrogens with one attached hydrogen (secondary N) is 1. The lowest BCUT2D eigenvalue weighted by molar-refractivity contribution is 0.0615. The van der Waals surface area contributed by atoms with Crippen molar-refractivity contribution in [3.8, 4) is 0 Å². The molecular weight excluding hydrogens is 286 g/mol. The van der Waals surface area contributed by atoms with E-state index in [1.807, 2.05) is 0 Å². The molecule has 2 N–H and O–H groups in total. The Labute approximate surface area is 115 Å². The molecule has 0 saturated heterocycles. The Bertz CT molecular complexity index is 377. The average Bonchev–Trinajstić information content (AvgIpc) is 2.26. The van der Waals surface area contributed by atoms with Crippen LogP contribution in [0.5, 0.6) is 0 Å². The van der Waals surface area contributed by atoms with Crippen LogP contribution in [-0.2, 0) is 4.74 Å². The number of aliphatic hydroxyl groups excluding tert-OH is 1. The van der Waals surface area contributed by atoms with E-state index in [9.17, 15) is 5.11 Å². The molecule has 0 fully saturated rings. The quantitative estimate of drug-likeness (QED) is 0.793. The maximum atomic E-state index is 9.43. The van der Waals surface area contributed by atoms with Gasteiger partial charge in [0.25, 0.3) is 0 Å². The molecule has 0 radical (unpaired) electrons. The smallest absolute Gasteiger partial charge is 0.150 e. The molecule has 0 amide bonds. The normalized spacial score (nSPS) is 12.5. The summed E-state index contributed by atoms with van der Waals surface area (Å²) in [6.45, 7) is 0.805. The average molecular weight is 300 g/mol. The highest BCUT2D eigenvalue weighted by Gasteiger charge is 2.08. The van der Waals surface area contributed by atoms with Crippen LogP contribution in [0.25, 0.3) is 0 Å². The zero-order valence-electron chi connectivity index (χ0n) is 9.21. The Balaban J connectivity index is 2.49. The number of hydrogen-bond donors (Lipinski definition) is 2. The molecule has 0 aliphatic rings. The van der Waals surface area contributed by atoms with E-state index in [4.69, 9.17) is 39.5 Å². The van der Waals surface area contributed by atoms with Gasteiger partial charge in [-0.25, -0.2) is 4.98 Å². The van der Waals surface area contributed by atoms with Crippen molar-refractivity contribution in [2.75, 3.05) is 25.6 Å². The SMILES string of the molecule is COCC(O)CCNc1nc(Cl)c(Cl)cc1Cl. The molecule has 0 spiro atoms. The van der Waals surface area contributed by atoms with Crippen molar-refractivity contribution in [1.29, 1.82) is 0 Å². The molecule has 1 rings (SSSR count). The van der Waals surface area contributed by atoms with Crippen LogP contribution in [-0.4, -0.2) is 36.5 Å². The molecule has 0 aromatic carbocycles. The van der Waals surface area contributed by atoms with E-state index in [1.165, 1.54) is 13.2 Å². The van der Waals surface area contributed by atoms with Gasteiger partial charge in [-0.05, 0) is 12.5 Å². The Kier molecular flexibility index (Phi) is 6.30. The number of halogens is 3. The molecule has 4 nitrogen and oxygen atoms in total. The van der Waals surface area contributed by atoms with E-state index in [-0.39, 0.29) is 5.15 Å². The summed E-state index contributed by atoms with van der Waals surface area (Å²) in [5, 5.41) is 13.3. The topological polar surface area (TPSA) is 54.4 Å². The molecule has 1 aromatic heterocycles. The summed E-state index contributed by atoms with van der Waals surface area (Å²) in [6.07, 6.45) is 0.000535. The Morgan fingerprint density at radius 1 is 1.41 bits per heavy atom. The lowest BCUT2D eigenvalue weighted by atomic mass is 10.2. The van der Waals surface area contributed by atoms with Crippen LogP contribution < -0.4 is 5.32 Å². The van der Waals surface area contributed by atoms with Crippen LogP contribution in [0.4, 0.5) is 5.82 Å². The lowest BCUT2D eigenvalue weighted by Crippen LogP contribution is -2.18. The van der Waals surface area contributed by atoms with E-state index >= 15 is 0 Å². The fourth-order valence-electron chi connectivity index (χ4n) is 1.20. The summed E-state index contributed by atoms with van der Waals surface area (Å²) >= 11 is 17.4. The Morgan fingerprint density at radius 3 is 2.76 bits per heavy atom. The summed E-state index contributed by atoms with van der Waals surface area (Å²) < 4.78 is 4.81. The van der Waals surface area contributed by atoms with Crippen LogP contribution in [0, 0.1) is 0 Å². The molecular formula is C10H13Cl3N2O2. The predicted octanol–water partition coefficient (Wildman–Crippen LogP) is 2.85. The number of rotatable bonds is 6. The van der Waals surface area contributed by atoms with Crippen molar-refractivity contribution < 1.29 is 9.84 Å². The molecule has 96 valence electrons. The molecule has 1 aromatic rings. The number of anilines is 1. The minimum Gasteiger partial charge on any atom is -0.391 e. The van der Waals surface area contributed by atoms with Crippen molar-refractivity contribution >= 4 is 40.6 Å². The van der Waals surface area contributed by atoms with Gasteiger partial charge in [-0.15, -0.1) is 0 Å². The van der Waals surface area contributed by atoms with Crippen molar-refractivity contribution in [3.63, 3.8) is 0 Å². The first-order valence-corrected chi connectivity index (χ1v) is 6.10. The van der Waals surface area contributed by atoms with E-state index < -0.39 is 6.10 Å². The highest BCUT2D eigenvalue weighted by Crippen LogP contribution is 2.28. The molecule has 7 heteroatoms. The molecule has 0 bridgehead atoms. The van der Waals surface area contributed by atoms with Gasteiger partial charge in [-0.2, -0.15) is 0 Å². The summed E-state index contributed by atoms with van der Waals surface area (Å²) in [7, 11) is 1.54. The first kappa shape index (κ1) is 14.8. The standard InChI is InChI=1S/C10H13Cl3N2O2/c1-17-5-6(16)2-3-14-10-8(12)4-7(11)9(13)15-10/h4,6,16H,2-3,5H2,1H3,(H,14,15). The summed E-state index contributed by atoms with van der Waals surface area (Å²) in [6, 6.07) is 1.52. The summed E-state index contributed by atoms with van der Waals surface area (Å²) in [5.41, 5.74) is 0. The maximum absolute atomic E-state index is 9.43. The highest BCUT2D eigenvalue weighted by molar-refractivity contribution is 6.42. The van der Waals surface area contributed by atoms with Gasteiger partial charge < -0.3 is 15.2 Å². The molecule has 1 unspecified atom stereocenters. The van der Waals surface area contributed by atoms with Gasteiger partial charge in [0, 0.05) is 13.7 Å². The van der Waals surface area contributed by atoms with Gasteiger partial charge in [0.05, 0.1) is 22.8 Å². The van der Waals surface area contributed by atoms with E-state index in [0.29, 0.717) is 35.4 Å². The predicted molar refractivity (Wildman–Crippen MR) is 70.3 cm³/mol. The molecule has 0 saturated carbocycles. The fraction of sp³-hybridized carbons (Fsp3) is 0.500. The second kappa shape index (κ2) is 7.24. The van der Waals surface area contributed by atoms with Crippen LogP contribution in [0.1, 0.15) is 6.42 Å². The summed E-state index contributed by atoms with van der Waals surface area (Å²) in [5.74, 6) is 0.450. The third-order valence-electron chi connectivity index (χ3n) is 2.02. The molecule has 17 heavy (non-hydrogen) atoms. The molecule has 0 aliphatic carbocycles. The third-order valence-corrected chi connectivity index (χ3v) is 2.98. The second-order valence-corrected chi connectivity index (χ2v) is 4.59. The van der Waals surface area contributed by atoms with Crippen LogP contribution in [0.3, 0.4) is 0 Å².